The number of ketones is 1. The minimum absolute atomic E-state index is 0.0359. The molecule has 0 saturated carbocycles. The van der Waals surface area contributed by atoms with Gasteiger partial charge in [-0.15, -0.1) is 0 Å². The number of hydrogen-bond donors (Lipinski definition) is 0. The van der Waals surface area contributed by atoms with Gasteiger partial charge in [0, 0.05) is 38.5 Å². The quantitative estimate of drug-likeness (QED) is 0.679. The van der Waals surface area contributed by atoms with Crippen molar-refractivity contribution in [3.8, 4) is 0 Å². The predicted octanol–water partition coefficient (Wildman–Crippen LogP) is 0.740. The molecule has 0 N–H and O–H groups in total. The molecule has 5 heteroatoms. The van der Waals surface area contributed by atoms with E-state index in [0.717, 1.165) is 6.42 Å². The Labute approximate surface area is 102 Å². The predicted molar refractivity (Wildman–Crippen MR) is 62.8 cm³/mol. The maximum absolute atomic E-state index is 12.2. The number of hydrogen-bond acceptors (Lipinski definition) is 3. The van der Waals surface area contributed by atoms with E-state index in [1.165, 1.54) is 0 Å². The largest absolute Gasteiger partial charge is 0.378 e. The number of Topliss-reactive ketones (excluding diaryl/α,β-unsaturated/α-hetero) is 1. The SMILES string of the molecule is CCC1CN(C(=O)N2CCOCC2)CCC1=O. The van der Waals surface area contributed by atoms with Crippen LogP contribution in [0.25, 0.3) is 0 Å². The molecule has 0 aromatic rings. The van der Waals surface area contributed by atoms with Gasteiger partial charge in [-0.1, -0.05) is 6.92 Å². The number of carbonyl (C=O) groups is 2. The highest BCUT2D eigenvalue weighted by atomic mass is 16.5. The second-order valence-electron chi connectivity index (χ2n) is 4.65. The van der Waals surface area contributed by atoms with Crippen molar-refractivity contribution in [2.45, 2.75) is 19.8 Å². The number of carbonyl (C=O) groups excluding carboxylic acids is 2. The van der Waals surface area contributed by atoms with Crippen molar-refractivity contribution in [3.05, 3.63) is 0 Å². The molecule has 0 aromatic heterocycles. The van der Waals surface area contributed by atoms with Crippen molar-refractivity contribution in [2.75, 3.05) is 39.4 Å². The highest BCUT2D eigenvalue weighted by Gasteiger charge is 2.31. The van der Waals surface area contributed by atoms with Gasteiger partial charge >= 0.3 is 6.03 Å². The van der Waals surface area contributed by atoms with Crippen LogP contribution in [0.15, 0.2) is 0 Å². The fourth-order valence-electron chi connectivity index (χ4n) is 2.39. The van der Waals surface area contributed by atoms with Gasteiger partial charge in [-0.3, -0.25) is 4.79 Å². The van der Waals surface area contributed by atoms with E-state index in [1.54, 1.807) is 0 Å². The van der Waals surface area contributed by atoms with Crippen molar-refractivity contribution >= 4 is 11.8 Å². The molecule has 17 heavy (non-hydrogen) atoms. The van der Waals surface area contributed by atoms with Crippen LogP contribution < -0.4 is 0 Å². The Morgan fingerprint density at radius 2 is 2.00 bits per heavy atom. The first-order valence-electron chi connectivity index (χ1n) is 6.36. The Hall–Kier alpha value is -1.10. The van der Waals surface area contributed by atoms with Crippen molar-refractivity contribution < 1.29 is 14.3 Å². The maximum atomic E-state index is 12.2. The van der Waals surface area contributed by atoms with Crippen molar-refractivity contribution in [2.24, 2.45) is 5.92 Å². The van der Waals surface area contributed by atoms with Crippen LogP contribution in [0.5, 0.6) is 0 Å². The summed E-state index contributed by atoms with van der Waals surface area (Å²) in [5.41, 5.74) is 0. The monoisotopic (exact) mass is 240 g/mol. The third-order valence-electron chi connectivity index (χ3n) is 3.57. The Bertz CT molecular complexity index is 300. The summed E-state index contributed by atoms with van der Waals surface area (Å²) in [6, 6.07) is 0.0688. The fourth-order valence-corrected chi connectivity index (χ4v) is 2.39. The van der Waals surface area contributed by atoms with Crippen LogP contribution in [0.1, 0.15) is 19.8 Å². The molecule has 0 bridgehead atoms. The van der Waals surface area contributed by atoms with Gasteiger partial charge in [0.1, 0.15) is 5.78 Å². The molecule has 2 saturated heterocycles. The number of ether oxygens (including phenoxy) is 1. The molecule has 2 heterocycles. The molecule has 2 fully saturated rings. The molecule has 0 spiro atoms. The summed E-state index contributed by atoms with van der Waals surface area (Å²) in [6.45, 7) is 5.74. The molecule has 2 amide bonds. The van der Waals surface area contributed by atoms with Gasteiger partial charge in [0.2, 0.25) is 0 Å². The Morgan fingerprint density at radius 3 is 2.65 bits per heavy atom. The van der Waals surface area contributed by atoms with E-state index < -0.39 is 0 Å². The summed E-state index contributed by atoms with van der Waals surface area (Å²) in [5, 5.41) is 0. The summed E-state index contributed by atoms with van der Waals surface area (Å²) < 4.78 is 5.23. The van der Waals surface area contributed by atoms with E-state index in [1.807, 2.05) is 16.7 Å². The molecule has 96 valence electrons. The number of amides is 2. The smallest absolute Gasteiger partial charge is 0.320 e. The summed E-state index contributed by atoms with van der Waals surface area (Å²) in [4.78, 5) is 27.5. The maximum Gasteiger partial charge on any atom is 0.320 e. The second kappa shape index (κ2) is 5.49. The highest BCUT2D eigenvalue weighted by molar-refractivity contribution is 5.84. The fraction of sp³-hybridized carbons (Fsp3) is 0.833. The molecule has 0 aromatic carbocycles. The van der Waals surface area contributed by atoms with E-state index in [-0.39, 0.29) is 11.9 Å². The van der Waals surface area contributed by atoms with Gasteiger partial charge in [0.15, 0.2) is 0 Å². The van der Waals surface area contributed by atoms with Crippen LogP contribution in [0.4, 0.5) is 4.79 Å². The average Bonchev–Trinajstić information content (AvgIpc) is 2.39. The number of urea groups is 1. The van der Waals surface area contributed by atoms with Gasteiger partial charge in [-0.2, -0.15) is 0 Å². The van der Waals surface area contributed by atoms with Gasteiger partial charge in [0.25, 0.3) is 0 Å². The zero-order valence-electron chi connectivity index (χ0n) is 10.4. The van der Waals surface area contributed by atoms with Crippen molar-refractivity contribution in [3.63, 3.8) is 0 Å². The highest BCUT2D eigenvalue weighted by Crippen LogP contribution is 2.17. The van der Waals surface area contributed by atoms with E-state index in [2.05, 4.69) is 0 Å². The zero-order chi connectivity index (χ0) is 12.3. The molecule has 1 unspecified atom stereocenters. The molecule has 0 aliphatic carbocycles. The van der Waals surface area contributed by atoms with Crippen LogP contribution in [0.2, 0.25) is 0 Å². The lowest BCUT2D eigenvalue weighted by atomic mass is 9.94. The molecular formula is C12H20N2O3. The zero-order valence-corrected chi connectivity index (χ0v) is 10.4. The molecule has 2 rings (SSSR count). The first-order valence-corrected chi connectivity index (χ1v) is 6.36. The first-order chi connectivity index (χ1) is 8.22. The Kier molecular flexibility index (Phi) is 3.99. The van der Waals surface area contributed by atoms with E-state index in [4.69, 9.17) is 4.74 Å². The topological polar surface area (TPSA) is 49.9 Å². The van der Waals surface area contributed by atoms with E-state index >= 15 is 0 Å². The summed E-state index contributed by atoms with van der Waals surface area (Å²) >= 11 is 0. The normalized spacial score (nSPS) is 26.2. The van der Waals surface area contributed by atoms with Crippen molar-refractivity contribution in [1.82, 2.24) is 9.80 Å². The van der Waals surface area contributed by atoms with E-state index in [9.17, 15) is 9.59 Å². The average molecular weight is 240 g/mol. The summed E-state index contributed by atoms with van der Waals surface area (Å²) in [7, 11) is 0. The minimum atomic E-state index is 0.0359. The van der Waals surface area contributed by atoms with Crippen LogP contribution >= 0.6 is 0 Å². The van der Waals surface area contributed by atoms with Crippen LogP contribution in [0.3, 0.4) is 0 Å². The molecule has 2 aliphatic heterocycles. The van der Waals surface area contributed by atoms with Gasteiger partial charge in [-0.25, -0.2) is 4.79 Å². The van der Waals surface area contributed by atoms with Gasteiger partial charge < -0.3 is 14.5 Å². The second-order valence-corrected chi connectivity index (χ2v) is 4.65. The number of rotatable bonds is 1. The lowest BCUT2D eigenvalue weighted by Gasteiger charge is -2.36. The van der Waals surface area contributed by atoms with E-state index in [0.29, 0.717) is 51.6 Å². The number of nitrogens with zero attached hydrogens (tertiary/aromatic N) is 2. The van der Waals surface area contributed by atoms with Crippen LogP contribution in [0, 0.1) is 5.92 Å². The summed E-state index contributed by atoms with van der Waals surface area (Å²) in [6.07, 6.45) is 1.33. The number of likely N-dealkylation sites (tertiary alicyclic amines) is 1. The summed E-state index contributed by atoms with van der Waals surface area (Å²) in [5.74, 6) is 0.340. The van der Waals surface area contributed by atoms with Crippen LogP contribution in [-0.2, 0) is 9.53 Å². The third-order valence-corrected chi connectivity index (χ3v) is 3.57. The third kappa shape index (κ3) is 2.77. The molecular weight excluding hydrogens is 220 g/mol. The van der Waals surface area contributed by atoms with Crippen LogP contribution in [-0.4, -0.2) is 61.0 Å². The molecule has 0 radical (unpaired) electrons. The standard InChI is InChI=1S/C12H20N2O3/c1-2-10-9-14(4-3-11(10)15)12(16)13-5-7-17-8-6-13/h10H,2-9H2,1H3. The van der Waals surface area contributed by atoms with Crippen molar-refractivity contribution in [1.29, 1.82) is 0 Å². The minimum Gasteiger partial charge on any atom is -0.378 e. The van der Waals surface area contributed by atoms with Gasteiger partial charge in [-0.05, 0) is 6.42 Å². The Morgan fingerprint density at radius 1 is 1.29 bits per heavy atom. The van der Waals surface area contributed by atoms with Gasteiger partial charge in [0.05, 0.1) is 13.2 Å². The first kappa shape index (κ1) is 12.4. The molecule has 5 nitrogen and oxygen atoms in total. The lowest BCUT2D eigenvalue weighted by molar-refractivity contribution is -0.125. The number of morpholine rings is 1. The molecule has 2 aliphatic rings. The Balaban J connectivity index is 1.92. The number of piperidine rings is 1. The lowest BCUT2D eigenvalue weighted by Crippen LogP contribution is -2.52. The molecule has 1 atom stereocenters.